The van der Waals surface area contributed by atoms with Gasteiger partial charge in [-0.1, -0.05) is 18.2 Å². The number of carbonyl (C=O) groups is 1. The van der Waals surface area contributed by atoms with Crippen LogP contribution in [0.5, 0.6) is 0 Å². The van der Waals surface area contributed by atoms with Crippen molar-refractivity contribution in [1.82, 2.24) is 4.57 Å². The molecule has 0 bridgehead atoms. The van der Waals surface area contributed by atoms with Crippen LogP contribution in [0.15, 0.2) is 18.2 Å². The topological polar surface area (TPSA) is 42.2 Å². The van der Waals surface area contributed by atoms with Crippen molar-refractivity contribution in [3.63, 3.8) is 0 Å². The number of rotatable bonds is 2. The maximum Gasteiger partial charge on any atom is 0.313 e. The van der Waals surface area contributed by atoms with Crippen LogP contribution in [-0.2, 0) is 23.2 Å². The molecule has 0 saturated carbocycles. The highest BCUT2D eigenvalue weighted by atomic mass is 16.4. The Hall–Kier alpha value is -1.77. The number of aliphatic carboxylic acids is 1. The minimum absolute atomic E-state index is 0.765. The molecule has 19 heavy (non-hydrogen) atoms. The lowest BCUT2D eigenvalue weighted by Gasteiger charge is -2.20. The Morgan fingerprint density at radius 1 is 1.37 bits per heavy atom. The Morgan fingerprint density at radius 3 is 2.79 bits per heavy atom. The van der Waals surface area contributed by atoms with Crippen molar-refractivity contribution in [2.24, 2.45) is 0 Å². The molecule has 0 aliphatic carbocycles. The summed E-state index contributed by atoms with van der Waals surface area (Å²) >= 11 is 0. The molecule has 1 aromatic heterocycles. The first kappa shape index (κ1) is 12.3. The minimum Gasteiger partial charge on any atom is -0.481 e. The second-order valence-corrected chi connectivity index (χ2v) is 5.96. The van der Waals surface area contributed by atoms with Gasteiger partial charge >= 0.3 is 5.97 Å². The first-order valence-electron chi connectivity index (χ1n) is 6.79. The molecule has 1 N–H and O–H groups in total. The van der Waals surface area contributed by atoms with Gasteiger partial charge < -0.3 is 9.67 Å². The molecule has 2 aromatic rings. The van der Waals surface area contributed by atoms with Gasteiger partial charge in [-0.15, -0.1) is 0 Å². The van der Waals surface area contributed by atoms with E-state index < -0.39 is 11.4 Å². The number of carboxylic acid groups (broad SMARTS) is 1. The minimum atomic E-state index is -0.851. The van der Waals surface area contributed by atoms with Crippen LogP contribution in [-0.4, -0.2) is 15.6 Å². The fourth-order valence-electron chi connectivity index (χ4n) is 3.41. The lowest BCUT2D eigenvalue weighted by Crippen LogP contribution is -2.29. The Bertz CT molecular complexity index is 680. The molecule has 2 heterocycles. The van der Waals surface area contributed by atoms with Gasteiger partial charge in [-0.25, -0.2) is 0 Å². The summed E-state index contributed by atoms with van der Waals surface area (Å²) in [4.78, 5) is 11.6. The van der Waals surface area contributed by atoms with E-state index in [4.69, 9.17) is 0 Å². The Labute approximate surface area is 112 Å². The molecule has 0 atom stereocenters. The van der Waals surface area contributed by atoms with Crippen molar-refractivity contribution in [3.8, 4) is 0 Å². The summed E-state index contributed by atoms with van der Waals surface area (Å²) in [5.41, 5.74) is 3.82. The number of aryl methyl sites for hydroxylation is 2. The first-order chi connectivity index (χ1) is 8.94. The number of para-hydroxylation sites is 1. The molecule has 3 rings (SSSR count). The predicted octanol–water partition coefficient (Wildman–Crippen LogP) is 3.26. The van der Waals surface area contributed by atoms with Gasteiger partial charge in [0.15, 0.2) is 0 Å². The molecule has 0 spiro atoms. The SMILES string of the molecule is Cc1c(C(C)(C)C(=O)O)c2cccc3c2n1CCC3. The second kappa shape index (κ2) is 3.86. The van der Waals surface area contributed by atoms with Gasteiger partial charge in [0.05, 0.1) is 10.9 Å². The highest BCUT2D eigenvalue weighted by Gasteiger charge is 2.35. The Kier molecular flexibility index (Phi) is 2.49. The van der Waals surface area contributed by atoms with E-state index in [1.54, 1.807) is 13.8 Å². The van der Waals surface area contributed by atoms with Crippen molar-refractivity contribution in [3.05, 3.63) is 35.0 Å². The zero-order valence-corrected chi connectivity index (χ0v) is 11.7. The molecule has 1 aromatic carbocycles. The first-order valence-corrected chi connectivity index (χ1v) is 6.79. The quantitative estimate of drug-likeness (QED) is 0.897. The molecule has 0 unspecified atom stereocenters. The third kappa shape index (κ3) is 1.54. The fourth-order valence-corrected chi connectivity index (χ4v) is 3.41. The van der Waals surface area contributed by atoms with Gasteiger partial charge in [0, 0.05) is 17.6 Å². The Morgan fingerprint density at radius 2 is 2.11 bits per heavy atom. The standard InChI is InChI=1S/C16H19NO2/c1-10-13(16(2,3)15(18)19)12-8-4-6-11-7-5-9-17(10)14(11)12/h4,6,8H,5,7,9H2,1-3H3,(H,18,19). The summed E-state index contributed by atoms with van der Waals surface area (Å²) in [5, 5.41) is 10.6. The molecule has 0 saturated heterocycles. The van der Waals surface area contributed by atoms with Crippen LogP contribution >= 0.6 is 0 Å². The molecule has 1 aliphatic heterocycles. The van der Waals surface area contributed by atoms with Gasteiger partial charge in [-0.05, 0) is 44.7 Å². The molecular weight excluding hydrogens is 238 g/mol. The largest absolute Gasteiger partial charge is 0.481 e. The van der Waals surface area contributed by atoms with E-state index >= 15 is 0 Å². The number of aromatic nitrogens is 1. The molecule has 0 amide bonds. The third-order valence-corrected chi connectivity index (χ3v) is 4.41. The normalized spacial score (nSPS) is 14.9. The van der Waals surface area contributed by atoms with Gasteiger partial charge in [-0.3, -0.25) is 4.79 Å². The van der Waals surface area contributed by atoms with E-state index in [2.05, 4.69) is 23.6 Å². The lowest BCUT2D eigenvalue weighted by molar-refractivity contribution is -0.142. The number of nitrogens with zero attached hydrogens (tertiary/aromatic N) is 1. The van der Waals surface area contributed by atoms with Crippen molar-refractivity contribution in [1.29, 1.82) is 0 Å². The van der Waals surface area contributed by atoms with Gasteiger partial charge in [-0.2, -0.15) is 0 Å². The van der Waals surface area contributed by atoms with Crippen LogP contribution < -0.4 is 0 Å². The number of carboxylic acids is 1. The van der Waals surface area contributed by atoms with Crippen LogP contribution in [0.4, 0.5) is 0 Å². The Balaban J connectivity index is 2.42. The van der Waals surface area contributed by atoms with Crippen molar-refractivity contribution < 1.29 is 9.90 Å². The van der Waals surface area contributed by atoms with Gasteiger partial charge in [0.1, 0.15) is 0 Å². The molecule has 3 heteroatoms. The van der Waals surface area contributed by atoms with E-state index in [1.807, 2.05) is 6.07 Å². The number of hydrogen-bond acceptors (Lipinski definition) is 1. The summed E-state index contributed by atoms with van der Waals surface area (Å²) in [6, 6.07) is 6.27. The average molecular weight is 257 g/mol. The second-order valence-electron chi connectivity index (χ2n) is 5.96. The molecule has 0 fully saturated rings. The highest BCUT2D eigenvalue weighted by Crippen LogP contribution is 2.39. The van der Waals surface area contributed by atoms with Crippen LogP contribution in [0, 0.1) is 6.92 Å². The van der Waals surface area contributed by atoms with Crippen LogP contribution in [0.25, 0.3) is 10.9 Å². The molecule has 100 valence electrons. The average Bonchev–Trinajstić information content (AvgIpc) is 2.66. The highest BCUT2D eigenvalue weighted by molar-refractivity contribution is 5.95. The molecule has 3 nitrogen and oxygen atoms in total. The summed E-state index contributed by atoms with van der Waals surface area (Å²) < 4.78 is 2.30. The predicted molar refractivity (Wildman–Crippen MR) is 75.7 cm³/mol. The van der Waals surface area contributed by atoms with Crippen LogP contribution in [0.1, 0.15) is 37.1 Å². The maximum atomic E-state index is 11.6. The molecular formula is C16H19NO2. The maximum absolute atomic E-state index is 11.6. The van der Waals surface area contributed by atoms with Crippen LogP contribution in [0.3, 0.4) is 0 Å². The summed E-state index contributed by atoms with van der Waals surface area (Å²) in [6.07, 6.45) is 2.22. The third-order valence-electron chi connectivity index (χ3n) is 4.41. The van der Waals surface area contributed by atoms with E-state index in [1.165, 1.54) is 11.1 Å². The van der Waals surface area contributed by atoms with Gasteiger partial charge in [0.25, 0.3) is 0 Å². The number of hydrogen-bond donors (Lipinski definition) is 1. The zero-order chi connectivity index (χ0) is 13.8. The zero-order valence-electron chi connectivity index (χ0n) is 11.7. The van der Waals surface area contributed by atoms with E-state index in [9.17, 15) is 9.90 Å². The van der Waals surface area contributed by atoms with E-state index in [-0.39, 0.29) is 0 Å². The molecule has 0 radical (unpaired) electrons. The van der Waals surface area contributed by atoms with Crippen molar-refractivity contribution >= 4 is 16.9 Å². The van der Waals surface area contributed by atoms with E-state index in [0.717, 1.165) is 36.0 Å². The monoisotopic (exact) mass is 257 g/mol. The molecule has 1 aliphatic rings. The van der Waals surface area contributed by atoms with Gasteiger partial charge in [0.2, 0.25) is 0 Å². The summed E-state index contributed by atoms with van der Waals surface area (Å²) in [6.45, 7) is 6.64. The number of benzene rings is 1. The summed E-state index contributed by atoms with van der Waals surface area (Å²) in [7, 11) is 0. The van der Waals surface area contributed by atoms with E-state index in [0.29, 0.717) is 0 Å². The lowest BCUT2D eigenvalue weighted by atomic mass is 9.82. The smallest absolute Gasteiger partial charge is 0.313 e. The summed E-state index contributed by atoms with van der Waals surface area (Å²) in [5.74, 6) is -0.765. The van der Waals surface area contributed by atoms with Crippen molar-refractivity contribution in [2.75, 3.05) is 0 Å². The fraction of sp³-hybridized carbons (Fsp3) is 0.438. The van der Waals surface area contributed by atoms with Crippen LogP contribution in [0.2, 0.25) is 0 Å². The van der Waals surface area contributed by atoms with Crippen molar-refractivity contribution in [2.45, 2.75) is 45.6 Å².